The average Bonchev–Trinajstić information content (AvgIpc) is 2.76. The number of ether oxygens (including phenoxy) is 1. The minimum Gasteiger partial charge on any atom is -0.497 e. The lowest BCUT2D eigenvalue weighted by molar-refractivity contribution is 0.414. The van der Waals surface area contributed by atoms with E-state index in [4.69, 9.17) is 16.3 Å². The molecule has 0 aliphatic carbocycles. The van der Waals surface area contributed by atoms with E-state index >= 15 is 0 Å². The van der Waals surface area contributed by atoms with Gasteiger partial charge in [0.15, 0.2) is 0 Å². The first-order valence-corrected chi connectivity index (χ1v) is 9.93. The Morgan fingerprint density at radius 2 is 1.93 bits per heavy atom. The first-order chi connectivity index (χ1) is 14.5. The second kappa shape index (κ2) is 8.55. The maximum Gasteiger partial charge on any atom is 0.252 e. The van der Waals surface area contributed by atoms with Crippen LogP contribution in [0.2, 0.25) is 5.02 Å². The van der Waals surface area contributed by atoms with Gasteiger partial charge in [-0.15, -0.1) is 0 Å². The van der Waals surface area contributed by atoms with E-state index in [0.717, 1.165) is 22.3 Å². The Morgan fingerprint density at radius 1 is 1.13 bits per heavy atom. The number of aromatic nitrogens is 3. The van der Waals surface area contributed by atoms with Crippen molar-refractivity contribution in [2.75, 3.05) is 12.4 Å². The third-order valence-corrected chi connectivity index (χ3v) is 5.17. The van der Waals surface area contributed by atoms with Crippen LogP contribution in [0.25, 0.3) is 11.0 Å². The van der Waals surface area contributed by atoms with Gasteiger partial charge in [-0.1, -0.05) is 35.9 Å². The van der Waals surface area contributed by atoms with Crippen LogP contribution in [-0.2, 0) is 6.54 Å². The zero-order valence-corrected chi connectivity index (χ0v) is 17.4. The lowest BCUT2D eigenvalue weighted by atomic mass is 10.1. The second-order valence-electron chi connectivity index (χ2n) is 7.00. The third kappa shape index (κ3) is 4.28. The molecule has 0 aliphatic rings. The summed E-state index contributed by atoms with van der Waals surface area (Å²) >= 11 is 5.97. The van der Waals surface area contributed by atoms with Crippen LogP contribution >= 0.6 is 11.6 Å². The zero-order valence-electron chi connectivity index (χ0n) is 16.7. The Kier molecular flexibility index (Phi) is 5.68. The van der Waals surface area contributed by atoms with Crippen LogP contribution in [-0.4, -0.2) is 21.6 Å². The Morgan fingerprint density at radius 3 is 2.70 bits per heavy atom. The number of benzene rings is 2. The van der Waals surface area contributed by atoms with E-state index in [-0.39, 0.29) is 11.6 Å². The van der Waals surface area contributed by atoms with Gasteiger partial charge in [0.25, 0.3) is 5.56 Å². The van der Waals surface area contributed by atoms with E-state index in [1.807, 2.05) is 55.5 Å². The van der Waals surface area contributed by atoms with Crippen molar-refractivity contribution in [2.45, 2.75) is 19.5 Å². The highest BCUT2D eigenvalue weighted by Crippen LogP contribution is 2.21. The normalized spacial score (nSPS) is 12.0. The third-order valence-electron chi connectivity index (χ3n) is 4.91. The lowest BCUT2D eigenvalue weighted by Gasteiger charge is -2.16. The van der Waals surface area contributed by atoms with Gasteiger partial charge < -0.3 is 10.1 Å². The molecule has 2 heterocycles. The molecule has 1 unspecified atom stereocenters. The fraction of sp³-hybridized carbons (Fsp3) is 0.174. The van der Waals surface area contributed by atoms with Crippen molar-refractivity contribution < 1.29 is 4.74 Å². The molecule has 0 radical (unpaired) electrons. The van der Waals surface area contributed by atoms with E-state index < -0.39 is 0 Å². The van der Waals surface area contributed by atoms with Crippen LogP contribution in [0.3, 0.4) is 0 Å². The molecule has 1 atom stereocenters. The maximum absolute atomic E-state index is 12.6. The largest absolute Gasteiger partial charge is 0.497 e. The van der Waals surface area contributed by atoms with Crippen LogP contribution in [0.4, 0.5) is 5.95 Å². The van der Waals surface area contributed by atoms with Crippen molar-refractivity contribution in [1.29, 1.82) is 0 Å². The highest BCUT2D eigenvalue weighted by atomic mass is 35.5. The number of hydrogen-bond donors (Lipinski definition) is 1. The summed E-state index contributed by atoms with van der Waals surface area (Å²) in [6.07, 6.45) is 1.72. The smallest absolute Gasteiger partial charge is 0.252 e. The summed E-state index contributed by atoms with van der Waals surface area (Å²) in [5.74, 6) is 1.20. The van der Waals surface area contributed by atoms with E-state index in [2.05, 4.69) is 15.3 Å². The van der Waals surface area contributed by atoms with Gasteiger partial charge in [-0.2, -0.15) is 4.98 Å². The minimum absolute atomic E-state index is 0.0259. The number of pyridine rings is 1. The summed E-state index contributed by atoms with van der Waals surface area (Å²) in [5, 5.41) is 4.78. The molecule has 4 rings (SSSR count). The number of halogens is 1. The van der Waals surface area contributed by atoms with Crippen LogP contribution in [0.15, 0.2) is 71.7 Å². The molecule has 0 amide bonds. The molecular formula is C23H21ClN4O2. The fourth-order valence-electron chi connectivity index (χ4n) is 3.28. The van der Waals surface area contributed by atoms with Crippen LogP contribution in [0.1, 0.15) is 24.1 Å². The molecule has 0 saturated heterocycles. The number of fused-ring (bicyclic) bond motifs is 1. The van der Waals surface area contributed by atoms with Gasteiger partial charge in [-0.05, 0) is 48.4 Å². The second-order valence-corrected chi connectivity index (χ2v) is 7.44. The molecule has 0 saturated carbocycles. The van der Waals surface area contributed by atoms with Gasteiger partial charge in [0.1, 0.15) is 11.4 Å². The first-order valence-electron chi connectivity index (χ1n) is 9.55. The minimum atomic E-state index is -0.124. The van der Waals surface area contributed by atoms with Gasteiger partial charge >= 0.3 is 0 Å². The molecule has 30 heavy (non-hydrogen) atoms. The number of nitrogens with zero attached hydrogens (tertiary/aromatic N) is 3. The Labute approximate surface area is 179 Å². The lowest BCUT2D eigenvalue weighted by Crippen LogP contribution is -2.21. The maximum atomic E-state index is 12.6. The molecule has 2 aromatic heterocycles. The summed E-state index contributed by atoms with van der Waals surface area (Å²) in [6, 6.07) is 18.5. The molecule has 0 aliphatic heterocycles. The highest BCUT2D eigenvalue weighted by molar-refractivity contribution is 6.30. The molecule has 4 aromatic rings. The molecule has 2 aromatic carbocycles. The van der Waals surface area contributed by atoms with Crippen molar-refractivity contribution >= 4 is 28.6 Å². The number of rotatable bonds is 6. The SMILES string of the molecule is COc1cccc(Cn2c(=O)ccc3cnc(NC(C)c4ccc(Cl)cc4)nc32)c1. The van der Waals surface area contributed by atoms with Crippen molar-refractivity contribution in [3.8, 4) is 5.75 Å². The number of nitrogens with one attached hydrogen (secondary N) is 1. The van der Waals surface area contributed by atoms with Crippen LogP contribution in [0, 0.1) is 0 Å². The van der Waals surface area contributed by atoms with E-state index in [1.165, 1.54) is 6.07 Å². The molecule has 7 heteroatoms. The van der Waals surface area contributed by atoms with Crippen LogP contribution < -0.4 is 15.6 Å². The Balaban J connectivity index is 1.68. The summed E-state index contributed by atoms with van der Waals surface area (Å²) in [4.78, 5) is 21.7. The van der Waals surface area contributed by atoms with E-state index in [9.17, 15) is 4.79 Å². The van der Waals surface area contributed by atoms with Crippen molar-refractivity contribution in [1.82, 2.24) is 14.5 Å². The van der Waals surface area contributed by atoms with E-state index in [0.29, 0.717) is 23.2 Å². The summed E-state index contributed by atoms with van der Waals surface area (Å²) < 4.78 is 6.93. The predicted octanol–water partition coefficient (Wildman–Crippen LogP) is 4.67. The standard InChI is InChI=1S/C23H21ClN4O2/c1-15(17-6-9-19(24)10-7-17)26-23-25-13-18-8-11-21(29)28(22(18)27-23)14-16-4-3-5-20(12-16)30-2/h3-13,15H,14H2,1-2H3,(H,25,26,27). The van der Waals surface area contributed by atoms with Gasteiger partial charge in [-0.25, -0.2) is 4.98 Å². The van der Waals surface area contributed by atoms with Gasteiger partial charge in [0, 0.05) is 22.7 Å². The highest BCUT2D eigenvalue weighted by Gasteiger charge is 2.11. The first kappa shape index (κ1) is 19.9. The monoisotopic (exact) mass is 420 g/mol. The van der Waals surface area contributed by atoms with Crippen molar-refractivity contribution in [2.24, 2.45) is 0 Å². The van der Waals surface area contributed by atoms with Crippen LogP contribution in [0.5, 0.6) is 5.75 Å². The van der Waals surface area contributed by atoms with Gasteiger partial charge in [-0.3, -0.25) is 9.36 Å². The fourth-order valence-corrected chi connectivity index (χ4v) is 3.40. The summed E-state index contributed by atoms with van der Waals surface area (Å²) in [5.41, 5.74) is 2.46. The number of methoxy groups -OCH3 is 1. The van der Waals surface area contributed by atoms with Gasteiger partial charge in [0.05, 0.1) is 19.7 Å². The molecular weight excluding hydrogens is 400 g/mol. The summed E-state index contributed by atoms with van der Waals surface area (Å²) in [6.45, 7) is 2.40. The van der Waals surface area contributed by atoms with Gasteiger partial charge in [0.2, 0.25) is 5.95 Å². The number of hydrogen-bond acceptors (Lipinski definition) is 5. The zero-order chi connectivity index (χ0) is 21.1. The Bertz CT molecular complexity index is 1240. The van der Waals surface area contributed by atoms with E-state index in [1.54, 1.807) is 23.9 Å². The summed E-state index contributed by atoms with van der Waals surface area (Å²) in [7, 11) is 1.62. The Hall–Kier alpha value is -3.38. The molecule has 0 bridgehead atoms. The quantitative estimate of drug-likeness (QED) is 0.490. The molecule has 0 spiro atoms. The molecule has 0 fully saturated rings. The predicted molar refractivity (Wildman–Crippen MR) is 119 cm³/mol. The topological polar surface area (TPSA) is 69.0 Å². The van der Waals surface area contributed by atoms with Crippen molar-refractivity contribution in [3.05, 3.63) is 93.4 Å². The molecule has 6 nitrogen and oxygen atoms in total. The number of anilines is 1. The molecule has 1 N–H and O–H groups in total. The molecule has 152 valence electrons. The van der Waals surface area contributed by atoms with Crippen molar-refractivity contribution in [3.63, 3.8) is 0 Å². The average molecular weight is 421 g/mol.